The lowest BCUT2D eigenvalue weighted by Gasteiger charge is -2.07. The van der Waals surface area contributed by atoms with E-state index < -0.39 is 5.97 Å². The lowest BCUT2D eigenvalue weighted by Crippen LogP contribution is -2.05. The molecule has 17 heavy (non-hydrogen) atoms. The molecule has 0 unspecified atom stereocenters. The number of carboxylic acid groups (broad SMARTS) is 1. The Bertz CT molecular complexity index is 534. The lowest BCUT2D eigenvalue weighted by atomic mass is 10.2. The number of aromatic carboxylic acids is 1. The summed E-state index contributed by atoms with van der Waals surface area (Å²) in [6.45, 7) is 0.483. The van der Waals surface area contributed by atoms with Gasteiger partial charge in [0.15, 0.2) is 5.69 Å². The van der Waals surface area contributed by atoms with Crippen molar-refractivity contribution in [1.82, 2.24) is 9.78 Å². The summed E-state index contributed by atoms with van der Waals surface area (Å²) < 4.78 is 6.79. The van der Waals surface area contributed by atoms with Crippen molar-refractivity contribution in [2.45, 2.75) is 6.54 Å². The minimum atomic E-state index is -1.02. The number of benzene rings is 1. The largest absolute Gasteiger partial charge is 0.496 e. The van der Waals surface area contributed by atoms with E-state index in [-0.39, 0.29) is 5.69 Å². The van der Waals surface area contributed by atoms with Crippen LogP contribution in [0.15, 0.2) is 36.5 Å². The first-order chi connectivity index (χ1) is 8.20. The summed E-state index contributed by atoms with van der Waals surface area (Å²) in [4.78, 5) is 10.7. The molecule has 0 aliphatic heterocycles. The summed E-state index contributed by atoms with van der Waals surface area (Å²) >= 11 is 0. The lowest BCUT2D eigenvalue weighted by molar-refractivity contribution is 0.0689. The minimum absolute atomic E-state index is 0.0416. The Labute approximate surface area is 98.3 Å². The molecule has 1 aromatic carbocycles. The van der Waals surface area contributed by atoms with Crippen LogP contribution in [0.2, 0.25) is 0 Å². The van der Waals surface area contributed by atoms with Crippen LogP contribution in [0.3, 0.4) is 0 Å². The molecule has 1 N–H and O–H groups in total. The molecular formula is C12H12N2O3. The molecule has 0 saturated heterocycles. The van der Waals surface area contributed by atoms with Gasteiger partial charge in [-0.25, -0.2) is 4.79 Å². The highest BCUT2D eigenvalue weighted by molar-refractivity contribution is 5.85. The number of methoxy groups -OCH3 is 1. The number of rotatable bonds is 4. The number of carboxylic acids is 1. The van der Waals surface area contributed by atoms with E-state index in [0.29, 0.717) is 6.54 Å². The average molecular weight is 232 g/mol. The first-order valence-corrected chi connectivity index (χ1v) is 5.09. The molecule has 0 aliphatic rings. The second-order valence-corrected chi connectivity index (χ2v) is 3.52. The molecule has 5 heteroatoms. The fourth-order valence-electron chi connectivity index (χ4n) is 1.57. The monoisotopic (exact) mass is 232 g/mol. The number of hydrogen-bond acceptors (Lipinski definition) is 3. The molecule has 0 aliphatic carbocycles. The first kappa shape index (κ1) is 11.2. The molecule has 1 aromatic heterocycles. The van der Waals surface area contributed by atoms with Gasteiger partial charge in [0.1, 0.15) is 5.75 Å². The van der Waals surface area contributed by atoms with Crippen LogP contribution in [0, 0.1) is 0 Å². The van der Waals surface area contributed by atoms with Gasteiger partial charge >= 0.3 is 5.97 Å². The molecule has 0 spiro atoms. The summed E-state index contributed by atoms with van der Waals surface area (Å²) in [5.41, 5.74) is 0.995. The molecule has 0 bridgehead atoms. The third kappa shape index (κ3) is 2.44. The van der Waals surface area contributed by atoms with Gasteiger partial charge in [0.2, 0.25) is 0 Å². The van der Waals surface area contributed by atoms with Gasteiger partial charge in [0.05, 0.1) is 13.7 Å². The number of nitrogens with zero attached hydrogens (tertiary/aromatic N) is 2. The van der Waals surface area contributed by atoms with E-state index in [1.54, 1.807) is 18.0 Å². The zero-order valence-corrected chi connectivity index (χ0v) is 9.33. The number of hydrogen-bond donors (Lipinski definition) is 1. The highest BCUT2D eigenvalue weighted by atomic mass is 16.5. The number of aromatic nitrogens is 2. The van der Waals surface area contributed by atoms with Crippen LogP contribution in [0.5, 0.6) is 5.75 Å². The third-order valence-corrected chi connectivity index (χ3v) is 2.38. The molecule has 2 rings (SSSR count). The molecule has 2 aromatic rings. The number of para-hydroxylation sites is 1. The fraction of sp³-hybridized carbons (Fsp3) is 0.167. The Balaban J connectivity index is 2.22. The third-order valence-electron chi connectivity index (χ3n) is 2.38. The van der Waals surface area contributed by atoms with E-state index in [4.69, 9.17) is 9.84 Å². The maximum absolute atomic E-state index is 10.7. The summed E-state index contributed by atoms with van der Waals surface area (Å²) in [6.07, 6.45) is 1.63. The zero-order chi connectivity index (χ0) is 12.3. The Morgan fingerprint density at radius 1 is 1.41 bits per heavy atom. The van der Waals surface area contributed by atoms with Crippen molar-refractivity contribution in [3.63, 3.8) is 0 Å². The SMILES string of the molecule is COc1ccccc1Cn1ccc(C(=O)O)n1. The summed E-state index contributed by atoms with van der Waals surface area (Å²) in [6, 6.07) is 9.03. The van der Waals surface area contributed by atoms with E-state index in [0.717, 1.165) is 11.3 Å². The van der Waals surface area contributed by atoms with Crippen molar-refractivity contribution in [3.05, 3.63) is 47.8 Å². The van der Waals surface area contributed by atoms with Crippen LogP contribution in [0.1, 0.15) is 16.1 Å². The molecule has 88 valence electrons. The molecule has 1 heterocycles. The molecule has 0 fully saturated rings. The average Bonchev–Trinajstić information content (AvgIpc) is 2.78. The molecular weight excluding hydrogens is 220 g/mol. The Morgan fingerprint density at radius 3 is 2.82 bits per heavy atom. The van der Waals surface area contributed by atoms with Crippen molar-refractivity contribution in [2.24, 2.45) is 0 Å². The summed E-state index contributed by atoms with van der Waals surface area (Å²) in [7, 11) is 1.60. The highest BCUT2D eigenvalue weighted by Gasteiger charge is 2.08. The Hall–Kier alpha value is -2.30. The van der Waals surface area contributed by atoms with Gasteiger partial charge in [0.25, 0.3) is 0 Å². The van der Waals surface area contributed by atoms with Gasteiger partial charge in [-0.05, 0) is 12.1 Å². The van der Waals surface area contributed by atoms with Crippen molar-refractivity contribution in [1.29, 1.82) is 0 Å². The van der Waals surface area contributed by atoms with Crippen LogP contribution in [-0.4, -0.2) is 28.0 Å². The smallest absolute Gasteiger partial charge is 0.356 e. The van der Waals surface area contributed by atoms with Gasteiger partial charge in [-0.1, -0.05) is 18.2 Å². The van der Waals surface area contributed by atoms with Crippen molar-refractivity contribution >= 4 is 5.97 Å². The van der Waals surface area contributed by atoms with Crippen molar-refractivity contribution in [3.8, 4) is 5.75 Å². The molecule has 0 saturated carbocycles. The van der Waals surface area contributed by atoms with Crippen LogP contribution in [0.25, 0.3) is 0 Å². The van der Waals surface area contributed by atoms with E-state index in [9.17, 15) is 4.79 Å². The van der Waals surface area contributed by atoms with Crippen molar-refractivity contribution in [2.75, 3.05) is 7.11 Å². The number of ether oxygens (including phenoxy) is 1. The first-order valence-electron chi connectivity index (χ1n) is 5.09. The van der Waals surface area contributed by atoms with Crippen LogP contribution < -0.4 is 4.74 Å². The topological polar surface area (TPSA) is 64.3 Å². The normalized spacial score (nSPS) is 10.2. The van der Waals surface area contributed by atoms with Crippen LogP contribution in [-0.2, 0) is 6.54 Å². The van der Waals surface area contributed by atoms with Gasteiger partial charge in [-0.2, -0.15) is 5.10 Å². The second kappa shape index (κ2) is 4.69. The molecule has 0 atom stereocenters. The fourth-order valence-corrected chi connectivity index (χ4v) is 1.57. The molecule has 0 amide bonds. The Morgan fingerprint density at radius 2 is 2.18 bits per heavy atom. The van der Waals surface area contributed by atoms with Gasteiger partial charge < -0.3 is 9.84 Å². The van der Waals surface area contributed by atoms with Crippen LogP contribution >= 0.6 is 0 Å². The predicted octanol–water partition coefficient (Wildman–Crippen LogP) is 1.64. The number of carbonyl (C=O) groups is 1. The van der Waals surface area contributed by atoms with Crippen molar-refractivity contribution < 1.29 is 14.6 Å². The molecule has 0 radical (unpaired) electrons. The predicted molar refractivity (Wildman–Crippen MR) is 61.3 cm³/mol. The minimum Gasteiger partial charge on any atom is -0.496 e. The summed E-state index contributed by atoms with van der Waals surface area (Å²) in [5, 5.41) is 12.7. The zero-order valence-electron chi connectivity index (χ0n) is 9.33. The standard InChI is InChI=1S/C12H12N2O3/c1-17-11-5-3-2-4-9(11)8-14-7-6-10(13-14)12(15)16/h2-7H,8H2,1H3,(H,15,16). The van der Waals surface area contributed by atoms with Crippen LogP contribution in [0.4, 0.5) is 0 Å². The Kier molecular flexibility index (Phi) is 3.09. The molecule has 5 nitrogen and oxygen atoms in total. The maximum atomic E-state index is 10.7. The van der Waals surface area contributed by atoms with Gasteiger partial charge in [-0.15, -0.1) is 0 Å². The highest BCUT2D eigenvalue weighted by Crippen LogP contribution is 2.18. The van der Waals surface area contributed by atoms with E-state index in [1.165, 1.54) is 6.07 Å². The van der Waals surface area contributed by atoms with E-state index in [2.05, 4.69) is 5.10 Å². The van der Waals surface area contributed by atoms with Gasteiger partial charge in [0, 0.05) is 11.8 Å². The summed E-state index contributed by atoms with van der Waals surface area (Å²) in [5.74, 6) is -0.261. The van der Waals surface area contributed by atoms with Gasteiger partial charge in [-0.3, -0.25) is 4.68 Å². The maximum Gasteiger partial charge on any atom is 0.356 e. The second-order valence-electron chi connectivity index (χ2n) is 3.52. The van der Waals surface area contributed by atoms with E-state index in [1.807, 2.05) is 24.3 Å². The van der Waals surface area contributed by atoms with E-state index >= 15 is 0 Å². The quantitative estimate of drug-likeness (QED) is 0.870.